The van der Waals surface area contributed by atoms with Crippen LogP contribution in [0.2, 0.25) is 0 Å². The van der Waals surface area contributed by atoms with Crippen molar-refractivity contribution in [3.8, 4) is 16.5 Å². The molecule has 5 aromatic rings. The van der Waals surface area contributed by atoms with Crippen LogP contribution >= 0.6 is 11.3 Å². The van der Waals surface area contributed by atoms with Crippen molar-refractivity contribution in [2.45, 2.75) is 0 Å². The molecule has 6 rings (SSSR count). The molecule has 0 aliphatic carbocycles. The second kappa shape index (κ2) is 9.32. The Morgan fingerprint density at radius 1 is 1.06 bits per heavy atom. The van der Waals surface area contributed by atoms with E-state index >= 15 is 0 Å². The number of rotatable bonds is 6. The fourth-order valence-electron chi connectivity index (χ4n) is 4.09. The van der Waals surface area contributed by atoms with Gasteiger partial charge < -0.3 is 14.4 Å². The van der Waals surface area contributed by atoms with E-state index in [-0.39, 0.29) is 0 Å². The monoisotopic (exact) mass is 485 g/mol. The third kappa shape index (κ3) is 4.29. The van der Waals surface area contributed by atoms with Crippen LogP contribution in [0.15, 0.2) is 65.8 Å². The van der Waals surface area contributed by atoms with Crippen LogP contribution in [0.4, 0.5) is 11.6 Å². The highest BCUT2D eigenvalue weighted by Crippen LogP contribution is 2.29. The van der Waals surface area contributed by atoms with Crippen molar-refractivity contribution in [2.24, 2.45) is 5.10 Å². The molecule has 1 aliphatic rings. The first kappa shape index (κ1) is 21.5. The van der Waals surface area contributed by atoms with Crippen molar-refractivity contribution in [1.82, 2.24) is 19.6 Å². The summed E-state index contributed by atoms with van der Waals surface area (Å²) in [6.07, 6.45) is 1.76. The van der Waals surface area contributed by atoms with Crippen molar-refractivity contribution >= 4 is 45.1 Å². The molecular weight excluding hydrogens is 462 g/mol. The lowest BCUT2D eigenvalue weighted by Crippen LogP contribution is -2.37. The molecule has 2 aromatic carbocycles. The number of thiazole rings is 1. The van der Waals surface area contributed by atoms with Gasteiger partial charge >= 0.3 is 0 Å². The van der Waals surface area contributed by atoms with Crippen molar-refractivity contribution < 1.29 is 9.47 Å². The smallest absolute Gasteiger partial charge is 0.274 e. The van der Waals surface area contributed by atoms with E-state index in [0.29, 0.717) is 24.2 Å². The maximum atomic E-state index is 5.56. The zero-order valence-corrected chi connectivity index (χ0v) is 19.9. The molecule has 10 heteroatoms. The molecule has 0 radical (unpaired) electrons. The van der Waals surface area contributed by atoms with Gasteiger partial charge in [0.2, 0.25) is 0 Å². The molecule has 0 bridgehead atoms. The molecule has 176 valence electrons. The second-order valence-electron chi connectivity index (χ2n) is 8.01. The Kier molecular flexibility index (Phi) is 5.73. The summed E-state index contributed by atoms with van der Waals surface area (Å²) in [5, 5.41) is 9.96. The first-order valence-electron chi connectivity index (χ1n) is 11.3. The molecule has 1 N–H and O–H groups in total. The Morgan fingerprint density at radius 3 is 2.74 bits per heavy atom. The van der Waals surface area contributed by atoms with Crippen LogP contribution in [-0.4, -0.2) is 59.2 Å². The van der Waals surface area contributed by atoms with Crippen molar-refractivity contribution in [3.05, 3.63) is 66.2 Å². The minimum Gasteiger partial charge on any atom is -0.473 e. The summed E-state index contributed by atoms with van der Waals surface area (Å²) in [4.78, 5) is 11.6. The average Bonchev–Trinajstić information content (AvgIpc) is 3.54. The number of methoxy groups -OCH3 is 1. The minimum absolute atomic E-state index is 0.631. The van der Waals surface area contributed by atoms with Crippen LogP contribution in [-0.2, 0) is 4.74 Å². The van der Waals surface area contributed by atoms with Crippen molar-refractivity contribution in [1.29, 1.82) is 0 Å². The lowest BCUT2D eigenvalue weighted by atomic mass is 10.2. The highest BCUT2D eigenvalue weighted by atomic mass is 32.1. The number of benzene rings is 2. The maximum Gasteiger partial charge on any atom is 0.274 e. The van der Waals surface area contributed by atoms with Crippen molar-refractivity contribution in [2.75, 3.05) is 43.7 Å². The summed E-state index contributed by atoms with van der Waals surface area (Å²) in [6.45, 7) is 2.93. The normalized spacial score (nSPS) is 14.3. The quantitative estimate of drug-likeness (QED) is 0.283. The van der Waals surface area contributed by atoms with Crippen molar-refractivity contribution in [3.63, 3.8) is 0 Å². The molecule has 0 amide bonds. The van der Waals surface area contributed by atoms with Gasteiger partial charge in [0.25, 0.3) is 5.19 Å². The molecule has 0 atom stereocenters. The summed E-state index contributed by atoms with van der Waals surface area (Å²) in [6, 6.07) is 20.1. The lowest BCUT2D eigenvalue weighted by Gasteiger charge is -2.29. The average molecular weight is 486 g/mol. The number of hydrogen-bond donors (Lipinski definition) is 1. The molecule has 1 fully saturated rings. The minimum atomic E-state index is 0.631. The van der Waals surface area contributed by atoms with Gasteiger partial charge in [-0.2, -0.15) is 14.7 Å². The number of aromatic nitrogens is 4. The molecule has 1 aliphatic heterocycles. The molecule has 3 aromatic heterocycles. The van der Waals surface area contributed by atoms with Gasteiger partial charge in [-0.3, -0.25) is 5.43 Å². The summed E-state index contributed by atoms with van der Waals surface area (Å²) in [5.74, 6) is 1.59. The SMILES string of the molecule is COc1nc2c(C=NNc3cc(N4CCOCC4)n4nc(-c5ccccc5)cc4n3)cccc2s1. The Morgan fingerprint density at radius 2 is 1.91 bits per heavy atom. The number of nitrogens with zero attached hydrogens (tertiary/aromatic N) is 6. The zero-order valence-electron chi connectivity index (χ0n) is 19.1. The molecule has 0 spiro atoms. The van der Waals surface area contributed by atoms with E-state index in [1.54, 1.807) is 13.3 Å². The number of morpholine rings is 1. The second-order valence-corrected chi connectivity index (χ2v) is 9.01. The van der Waals surface area contributed by atoms with Crippen LogP contribution < -0.4 is 15.1 Å². The van der Waals surface area contributed by atoms with Crippen LogP contribution in [0, 0.1) is 0 Å². The third-order valence-electron chi connectivity index (χ3n) is 5.80. The Balaban J connectivity index is 1.35. The van der Waals surface area contributed by atoms with Gasteiger partial charge in [0, 0.05) is 36.3 Å². The molecule has 35 heavy (non-hydrogen) atoms. The van der Waals surface area contributed by atoms with E-state index in [1.807, 2.05) is 65.2 Å². The Hall–Kier alpha value is -4.02. The molecule has 4 heterocycles. The number of para-hydroxylation sites is 1. The summed E-state index contributed by atoms with van der Waals surface area (Å²) in [5.41, 5.74) is 7.53. The molecule has 1 saturated heterocycles. The molecular formula is C25H23N7O2S. The van der Waals surface area contributed by atoms with Crippen LogP contribution in [0.5, 0.6) is 5.19 Å². The van der Waals surface area contributed by atoms with Gasteiger partial charge in [0.1, 0.15) is 5.82 Å². The fraction of sp³-hybridized carbons (Fsp3) is 0.200. The number of hydrazone groups is 1. The van der Waals surface area contributed by atoms with E-state index in [0.717, 1.165) is 51.6 Å². The molecule has 0 unspecified atom stereocenters. The first-order valence-corrected chi connectivity index (χ1v) is 12.1. The number of fused-ring (bicyclic) bond motifs is 2. The van der Waals surface area contributed by atoms with Crippen LogP contribution in [0.3, 0.4) is 0 Å². The third-order valence-corrected chi connectivity index (χ3v) is 6.78. The number of anilines is 2. The molecule has 9 nitrogen and oxygen atoms in total. The van der Waals surface area contributed by atoms with Gasteiger partial charge in [0.05, 0.1) is 42.4 Å². The zero-order chi connectivity index (χ0) is 23.6. The molecule has 0 saturated carbocycles. The summed E-state index contributed by atoms with van der Waals surface area (Å²) in [7, 11) is 1.63. The predicted octanol–water partition coefficient (Wildman–Crippen LogP) is 4.30. The van der Waals surface area contributed by atoms with Gasteiger partial charge in [-0.05, 0) is 6.07 Å². The fourth-order valence-corrected chi connectivity index (χ4v) is 4.91. The van der Waals surface area contributed by atoms with Crippen LogP contribution in [0.25, 0.3) is 27.1 Å². The Bertz CT molecular complexity index is 1510. The van der Waals surface area contributed by atoms with E-state index in [2.05, 4.69) is 20.4 Å². The van der Waals surface area contributed by atoms with E-state index in [4.69, 9.17) is 19.6 Å². The lowest BCUT2D eigenvalue weighted by molar-refractivity contribution is 0.122. The highest BCUT2D eigenvalue weighted by molar-refractivity contribution is 7.20. The van der Waals surface area contributed by atoms with E-state index in [9.17, 15) is 0 Å². The van der Waals surface area contributed by atoms with Crippen LogP contribution in [0.1, 0.15) is 5.56 Å². The first-order chi connectivity index (χ1) is 17.3. The largest absolute Gasteiger partial charge is 0.473 e. The number of ether oxygens (including phenoxy) is 2. The Labute approximate surface area is 205 Å². The highest BCUT2D eigenvalue weighted by Gasteiger charge is 2.18. The number of hydrogen-bond acceptors (Lipinski definition) is 9. The van der Waals surface area contributed by atoms with Gasteiger partial charge in [0.15, 0.2) is 11.5 Å². The topological polar surface area (TPSA) is 89.2 Å². The van der Waals surface area contributed by atoms with Gasteiger partial charge in [-0.25, -0.2) is 9.97 Å². The maximum absolute atomic E-state index is 5.56. The van der Waals surface area contributed by atoms with Gasteiger partial charge in [-0.15, -0.1) is 0 Å². The number of nitrogens with one attached hydrogen (secondary N) is 1. The van der Waals surface area contributed by atoms with E-state index < -0.39 is 0 Å². The summed E-state index contributed by atoms with van der Waals surface area (Å²) < 4.78 is 13.8. The predicted molar refractivity (Wildman–Crippen MR) is 139 cm³/mol. The van der Waals surface area contributed by atoms with E-state index in [1.165, 1.54) is 11.3 Å². The van der Waals surface area contributed by atoms with Gasteiger partial charge in [-0.1, -0.05) is 53.8 Å². The standard InChI is InChI=1S/C25H23N7O2S/c1-33-25-28-24-18(8-5-9-20(24)35-25)16-26-29-21-15-23(31-10-12-34-13-11-31)32-22(27-21)14-19(30-32)17-6-3-2-4-7-17/h2-9,14-16H,10-13H2,1H3,(H,27,29). The summed E-state index contributed by atoms with van der Waals surface area (Å²) >= 11 is 1.51.